The van der Waals surface area contributed by atoms with E-state index in [1.54, 1.807) is 0 Å². The smallest absolute Gasteiger partial charge is 0.351 e. The lowest BCUT2D eigenvalue weighted by Crippen LogP contribution is -2.34. The van der Waals surface area contributed by atoms with E-state index in [0.717, 1.165) is 49.7 Å². The van der Waals surface area contributed by atoms with Crippen LogP contribution in [0.25, 0.3) is 11.0 Å². The van der Waals surface area contributed by atoms with Crippen molar-refractivity contribution in [3.8, 4) is 0 Å². The number of carboxylic acid groups (broad SMARTS) is 1. The van der Waals surface area contributed by atoms with Crippen molar-refractivity contribution in [2.24, 2.45) is 0 Å². The Morgan fingerprint density at radius 3 is 2.36 bits per heavy atom. The summed E-state index contributed by atoms with van der Waals surface area (Å²) < 4.78 is 5.36. The molecule has 0 saturated carbocycles. The molecule has 136 valence electrons. The third-order valence-electron chi connectivity index (χ3n) is 4.45. The first-order valence-corrected chi connectivity index (χ1v) is 9.26. The van der Waals surface area contributed by atoms with Crippen molar-refractivity contribution in [1.82, 2.24) is 0 Å². The number of carbonyl (C=O) groups is 1. The number of aryl methyl sites for hydroxylation is 2. The van der Waals surface area contributed by atoms with Crippen LogP contribution >= 0.6 is 0 Å². The van der Waals surface area contributed by atoms with Crippen LogP contribution in [-0.2, 0) is 12.8 Å². The first-order chi connectivity index (χ1) is 12.1. The number of rotatable bonds is 1. The maximum absolute atomic E-state index is 11.8. The SMILES string of the molecule is CC.CC.O=C(O)c1cc2cc3c4c(c2oc1=O)CCCN4CCC3. The van der Waals surface area contributed by atoms with E-state index in [0.29, 0.717) is 5.58 Å². The summed E-state index contributed by atoms with van der Waals surface area (Å²) in [6, 6.07) is 3.44. The fourth-order valence-corrected chi connectivity index (χ4v) is 3.60. The molecule has 0 bridgehead atoms. The topological polar surface area (TPSA) is 70.7 Å². The van der Waals surface area contributed by atoms with E-state index in [1.807, 2.05) is 33.8 Å². The number of fused-ring (bicyclic) bond motifs is 2. The van der Waals surface area contributed by atoms with E-state index in [1.165, 1.54) is 17.3 Å². The molecular formula is C20H27NO4. The van der Waals surface area contributed by atoms with Crippen LogP contribution in [0.1, 0.15) is 62.0 Å². The highest BCUT2D eigenvalue weighted by Gasteiger charge is 2.27. The van der Waals surface area contributed by atoms with E-state index in [-0.39, 0.29) is 5.56 Å². The van der Waals surface area contributed by atoms with Crippen molar-refractivity contribution in [3.05, 3.63) is 39.2 Å². The van der Waals surface area contributed by atoms with Gasteiger partial charge >= 0.3 is 11.6 Å². The predicted octanol–water partition coefficient (Wildman–Crippen LogP) is 4.24. The summed E-state index contributed by atoms with van der Waals surface area (Å²) in [5.41, 5.74) is 3.04. The quantitative estimate of drug-likeness (QED) is 0.783. The van der Waals surface area contributed by atoms with Gasteiger partial charge in [0.1, 0.15) is 11.1 Å². The number of hydrogen-bond acceptors (Lipinski definition) is 4. The van der Waals surface area contributed by atoms with Crippen LogP contribution < -0.4 is 10.5 Å². The number of hydrogen-bond donors (Lipinski definition) is 1. The highest BCUT2D eigenvalue weighted by Crippen LogP contribution is 2.39. The second kappa shape index (κ2) is 8.19. The summed E-state index contributed by atoms with van der Waals surface area (Å²) in [5.74, 6) is -1.24. The van der Waals surface area contributed by atoms with Crippen LogP contribution in [0.3, 0.4) is 0 Å². The Hall–Kier alpha value is -2.30. The van der Waals surface area contributed by atoms with Gasteiger partial charge in [-0.25, -0.2) is 9.59 Å². The van der Waals surface area contributed by atoms with Crippen molar-refractivity contribution >= 4 is 22.6 Å². The number of nitrogens with zero attached hydrogens (tertiary/aromatic N) is 1. The van der Waals surface area contributed by atoms with Gasteiger partial charge in [0.25, 0.3) is 0 Å². The second-order valence-electron chi connectivity index (χ2n) is 5.73. The van der Waals surface area contributed by atoms with Gasteiger partial charge in [-0.15, -0.1) is 0 Å². The van der Waals surface area contributed by atoms with Crippen molar-refractivity contribution in [2.75, 3.05) is 18.0 Å². The minimum atomic E-state index is -1.24. The molecule has 0 amide bonds. The van der Waals surface area contributed by atoms with Crippen LogP contribution in [0.4, 0.5) is 5.69 Å². The lowest BCUT2D eigenvalue weighted by atomic mass is 9.90. The molecule has 0 unspecified atom stereocenters. The standard InChI is InChI=1S/C16H15NO4.2C2H6/c18-15(19)12-8-10-7-9-3-1-5-17-6-2-4-11(13(9)17)14(10)21-16(12)20;2*1-2/h7-8H,1-6H2,(H,18,19);2*1-2H3. The van der Waals surface area contributed by atoms with Gasteiger partial charge in [0, 0.05) is 29.7 Å². The Balaban J connectivity index is 0.000000528. The van der Waals surface area contributed by atoms with E-state index in [4.69, 9.17) is 9.52 Å². The molecule has 25 heavy (non-hydrogen) atoms. The molecule has 3 heterocycles. The number of aromatic carboxylic acids is 1. The fraction of sp³-hybridized carbons (Fsp3) is 0.500. The first-order valence-electron chi connectivity index (χ1n) is 9.26. The molecule has 0 saturated heterocycles. The minimum absolute atomic E-state index is 0.293. The van der Waals surface area contributed by atoms with Gasteiger partial charge in [0.2, 0.25) is 0 Å². The molecule has 4 rings (SSSR count). The summed E-state index contributed by atoms with van der Waals surface area (Å²) in [6.45, 7) is 10.1. The van der Waals surface area contributed by atoms with Crippen molar-refractivity contribution < 1.29 is 14.3 Å². The van der Waals surface area contributed by atoms with E-state index < -0.39 is 11.6 Å². The number of anilines is 1. The Bertz CT molecular complexity index is 821. The third-order valence-corrected chi connectivity index (χ3v) is 4.45. The van der Waals surface area contributed by atoms with Crippen LogP contribution in [0, 0.1) is 0 Å². The molecule has 2 aromatic rings. The molecular weight excluding hydrogens is 318 g/mol. The van der Waals surface area contributed by atoms with Crippen molar-refractivity contribution in [1.29, 1.82) is 0 Å². The van der Waals surface area contributed by atoms with Crippen molar-refractivity contribution in [3.63, 3.8) is 0 Å². The summed E-state index contributed by atoms with van der Waals surface area (Å²) >= 11 is 0. The fourth-order valence-electron chi connectivity index (χ4n) is 3.60. The van der Waals surface area contributed by atoms with E-state index >= 15 is 0 Å². The van der Waals surface area contributed by atoms with Crippen LogP contribution in [-0.4, -0.2) is 24.2 Å². The summed E-state index contributed by atoms with van der Waals surface area (Å²) in [5, 5.41) is 9.80. The Morgan fingerprint density at radius 2 is 1.72 bits per heavy atom. The molecule has 1 aromatic heterocycles. The van der Waals surface area contributed by atoms with Gasteiger partial charge in [-0.05, 0) is 43.4 Å². The van der Waals surface area contributed by atoms with Gasteiger partial charge in [-0.3, -0.25) is 0 Å². The van der Waals surface area contributed by atoms with Crippen LogP contribution in [0.2, 0.25) is 0 Å². The van der Waals surface area contributed by atoms with Gasteiger partial charge in [-0.2, -0.15) is 0 Å². The molecule has 2 aliphatic rings. The average Bonchev–Trinajstić information content (AvgIpc) is 2.65. The third kappa shape index (κ3) is 3.41. The minimum Gasteiger partial charge on any atom is -0.477 e. The van der Waals surface area contributed by atoms with Gasteiger partial charge in [0.05, 0.1) is 0 Å². The molecule has 2 aliphatic heterocycles. The molecule has 1 N–H and O–H groups in total. The Kier molecular flexibility index (Phi) is 6.23. The highest BCUT2D eigenvalue weighted by atomic mass is 16.4. The maximum atomic E-state index is 11.8. The summed E-state index contributed by atoms with van der Waals surface area (Å²) in [6.07, 6.45) is 4.03. The highest BCUT2D eigenvalue weighted by molar-refractivity contribution is 5.94. The first kappa shape index (κ1) is 19.0. The molecule has 0 radical (unpaired) electrons. The number of benzene rings is 1. The van der Waals surface area contributed by atoms with Gasteiger partial charge < -0.3 is 14.4 Å². The van der Waals surface area contributed by atoms with E-state index in [9.17, 15) is 9.59 Å². The zero-order valence-corrected chi connectivity index (χ0v) is 15.5. The molecule has 0 aliphatic carbocycles. The van der Waals surface area contributed by atoms with E-state index in [2.05, 4.69) is 4.90 Å². The normalized spacial score (nSPS) is 14.6. The lowest BCUT2D eigenvalue weighted by molar-refractivity contribution is 0.0692. The van der Waals surface area contributed by atoms with Crippen molar-refractivity contribution in [2.45, 2.75) is 53.4 Å². The predicted molar refractivity (Wildman–Crippen MR) is 101 cm³/mol. The Morgan fingerprint density at radius 1 is 1.08 bits per heavy atom. The molecule has 5 nitrogen and oxygen atoms in total. The molecule has 0 fully saturated rings. The largest absolute Gasteiger partial charge is 0.477 e. The zero-order valence-electron chi connectivity index (χ0n) is 15.5. The summed E-state index contributed by atoms with van der Waals surface area (Å²) in [7, 11) is 0. The lowest BCUT2D eigenvalue weighted by Gasteiger charge is -2.37. The monoisotopic (exact) mass is 345 g/mol. The Labute approximate surface area is 148 Å². The van der Waals surface area contributed by atoms with Crippen LogP contribution in [0.5, 0.6) is 0 Å². The molecule has 5 heteroatoms. The molecule has 1 aromatic carbocycles. The van der Waals surface area contributed by atoms with Gasteiger partial charge in [-0.1, -0.05) is 27.7 Å². The average molecular weight is 345 g/mol. The summed E-state index contributed by atoms with van der Waals surface area (Å²) in [4.78, 5) is 25.3. The maximum Gasteiger partial charge on any atom is 0.351 e. The molecule has 0 spiro atoms. The number of carboxylic acids is 1. The zero-order chi connectivity index (χ0) is 18.6. The molecule has 0 atom stereocenters. The van der Waals surface area contributed by atoms with Gasteiger partial charge in [0.15, 0.2) is 0 Å². The second-order valence-corrected chi connectivity index (χ2v) is 5.73. The van der Waals surface area contributed by atoms with Crippen LogP contribution in [0.15, 0.2) is 21.3 Å².